The molecule has 1 aliphatic carbocycles. The van der Waals surface area contributed by atoms with Gasteiger partial charge < -0.3 is 9.64 Å². The van der Waals surface area contributed by atoms with E-state index in [1.54, 1.807) is 11.3 Å². The highest BCUT2D eigenvalue weighted by Gasteiger charge is 2.24. The van der Waals surface area contributed by atoms with Gasteiger partial charge in [0.05, 0.1) is 11.8 Å². The fourth-order valence-electron chi connectivity index (χ4n) is 3.13. The summed E-state index contributed by atoms with van der Waals surface area (Å²) in [5.41, 5.74) is 1.15. The van der Waals surface area contributed by atoms with E-state index in [0.29, 0.717) is 12.0 Å². The van der Waals surface area contributed by atoms with E-state index in [1.807, 2.05) is 4.90 Å². The Bertz CT molecular complexity index is 516. The molecule has 2 amide bonds. The van der Waals surface area contributed by atoms with Crippen LogP contribution in [0, 0.1) is 0 Å². The first-order valence-corrected chi connectivity index (χ1v) is 9.77. The minimum Gasteiger partial charge on any atom is -0.378 e. The zero-order valence-corrected chi connectivity index (χ0v) is 14.7. The van der Waals surface area contributed by atoms with Crippen molar-refractivity contribution in [2.75, 3.05) is 25.0 Å². The summed E-state index contributed by atoms with van der Waals surface area (Å²) in [5.74, 6) is 0.617. The summed E-state index contributed by atoms with van der Waals surface area (Å²) in [6, 6.07) is -0.0179. The number of hydrogen-bond acceptors (Lipinski definition) is 4. The Hall–Kier alpha value is -1.14. The molecule has 0 bridgehead atoms. The number of aromatic nitrogens is 1. The fourth-order valence-corrected chi connectivity index (χ4v) is 3.91. The van der Waals surface area contributed by atoms with E-state index < -0.39 is 0 Å². The quantitative estimate of drug-likeness (QED) is 0.875. The molecule has 0 radical (unpaired) electrons. The average Bonchev–Trinajstić information content (AvgIpc) is 2.80. The van der Waals surface area contributed by atoms with E-state index >= 15 is 0 Å². The van der Waals surface area contributed by atoms with E-state index in [2.05, 4.69) is 22.6 Å². The van der Waals surface area contributed by atoms with Gasteiger partial charge in [0.2, 0.25) is 0 Å². The second-order valence-corrected chi connectivity index (χ2v) is 7.40. The summed E-state index contributed by atoms with van der Waals surface area (Å²) in [6.45, 7) is 4.52. The third kappa shape index (κ3) is 4.44. The van der Waals surface area contributed by atoms with Crippen LogP contribution in [0.5, 0.6) is 0 Å². The normalized spacial score (nSPS) is 22.5. The van der Waals surface area contributed by atoms with Crippen molar-refractivity contribution in [3.05, 3.63) is 11.1 Å². The van der Waals surface area contributed by atoms with E-state index in [4.69, 9.17) is 4.74 Å². The molecule has 6 heteroatoms. The molecule has 23 heavy (non-hydrogen) atoms. The second-order valence-electron chi connectivity index (χ2n) is 6.55. The molecule has 1 aliphatic heterocycles. The topological polar surface area (TPSA) is 54.5 Å². The molecule has 1 N–H and O–H groups in total. The summed E-state index contributed by atoms with van der Waals surface area (Å²) >= 11 is 1.54. The zero-order chi connectivity index (χ0) is 16.1. The average molecular weight is 337 g/mol. The molecular formula is C17H27N3O2S. The van der Waals surface area contributed by atoms with Crippen LogP contribution in [0.15, 0.2) is 5.38 Å². The van der Waals surface area contributed by atoms with Crippen molar-refractivity contribution in [3.8, 4) is 0 Å². The number of carbonyl (C=O) groups is 1. The number of carbonyl (C=O) groups excluding carboxylic acids is 1. The number of ether oxygens (including phenoxy) is 1. The van der Waals surface area contributed by atoms with Gasteiger partial charge in [-0.2, -0.15) is 0 Å². The lowest BCUT2D eigenvalue weighted by Crippen LogP contribution is -2.36. The van der Waals surface area contributed by atoms with Crippen LogP contribution in [0.3, 0.4) is 0 Å². The lowest BCUT2D eigenvalue weighted by atomic mass is 9.83. The summed E-state index contributed by atoms with van der Waals surface area (Å²) in [5, 5.41) is 5.80. The van der Waals surface area contributed by atoms with E-state index in [0.717, 1.165) is 56.2 Å². The number of hydrogen-bond donors (Lipinski definition) is 1. The lowest BCUT2D eigenvalue weighted by molar-refractivity contribution is 0.0446. The van der Waals surface area contributed by atoms with Gasteiger partial charge in [0.25, 0.3) is 0 Å². The maximum atomic E-state index is 12.4. The Labute approximate surface area is 142 Å². The Kier molecular flexibility index (Phi) is 5.89. The van der Waals surface area contributed by atoms with Crippen LogP contribution < -0.4 is 5.32 Å². The highest BCUT2D eigenvalue weighted by Crippen LogP contribution is 2.37. The molecule has 1 saturated heterocycles. The SMILES string of the molecule is CCCO[C@H]1CCCN(C(=O)Nc2nc(C3CCC3)cs2)CC1. The van der Waals surface area contributed by atoms with Crippen molar-refractivity contribution in [1.29, 1.82) is 0 Å². The minimum atomic E-state index is -0.0179. The van der Waals surface area contributed by atoms with Gasteiger partial charge in [-0.1, -0.05) is 13.3 Å². The van der Waals surface area contributed by atoms with Gasteiger partial charge in [-0.05, 0) is 38.5 Å². The van der Waals surface area contributed by atoms with Gasteiger partial charge >= 0.3 is 6.03 Å². The van der Waals surface area contributed by atoms with Gasteiger partial charge in [0, 0.05) is 31.0 Å². The van der Waals surface area contributed by atoms with Gasteiger partial charge in [-0.3, -0.25) is 5.32 Å². The van der Waals surface area contributed by atoms with Gasteiger partial charge in [-0.25, -0.2) is 9.78 Å². The Morgan fingerprint density at radius 3 is 2.96 bits per heavy atom. The van der Waals surface area contributed by atoms with Crippen molar-refractivity contribution in [3.63, 3.8) is 0 Å². The fraction of sp³-hybridized carbons (Fsp3) is 0.765. The third-order valence-electron chi connectivity index (χ3n) is 4.78. The number of likely N-dealkylation sites (tertiary alicyclic amines) is 1. The zero-order valence-electron chi connectivity index (χ0n) is 13.9. The second kappa shape index (κ2) is 8.11. The molecule has 2 aliphatic rings. The number of urea groups is 1. The number of amides is 2. The van der Waals surface area contributed by atoms with E-state index in [-0.39, 0.29) is 6.03 Å². The summed E-state index contributed by atoms with van der Waals surface area (Å²) in [7, 11) is 0. The first-order valence-electron chi connectivity index (χ1n) is 8.89. The molecule has 1 aromatic rings. The third-order valence-corrected chi connectivity index (χ3v) is 5.56. The number of nitrogens with zero attached hydrogens (tertiary/aromatic N) is 2. The molecule has 5 nitrogen and oxygen atoms in total. The van der Waals surface area contributed by atoms with E-state index in [9.17, 15) is 4.79 Å². The highest BCUT2D eigenvalue weighted by molar-refractivity contribution is 7.13. The van der Waals surface area contributed by atoms with Crippen LogP contribution in [-0.2, 0) is 4.74 Å². The first kappa shape index (κ1) is 16.7. The number of thiazole rings is 1. The number of nitrogens with one attached hydrogen (secondary N) is 1. The molecule has 0 unspecified atom stereocenters. The summed E-state index contributed by atoms with van der Waals surface area (Å²) < 4.78 is 5.84. The molecule has 2 fully saturated rings. The molecule has 128 valence electrons. The van der Waals surface area contributed by atoms with Crippen molar-refractivity contribution in [2.24, 2.45) is 0 Å². The van der Waals surface area contributed by atoms with Gasteiger partial charge in [0.1, 0.15) is 0 Å². The van der Waals surface area contributed by atoms with Crippen molar-refractivity contribution >= 4 is 22.5 Å². The van der Waals surface area contributed by atoms with Crippen LogP contribution >= 0.6 is 11.3 Å². The molecular weight excluding hydrogens is 310 g/mol. The highest BCUT2D eigenvalue weighted by atomic mass is 32.1. The molecule has 1 atom stereocenters. The summed E-state index contributed by atoms with van der Waals surface area (Å²) in [6.07, 6.45) is 8.12. The molecule has 1 saturated carbocycles. The predicted octanol–water partition coefficient (Wildman–Crippen LogP) is 4.22. The van der Waals surface area contributed by atoms with Crippen LogP contribution in [-0.4, -0.2) is 41.7 Å². The van der Waals surface area contributed by atoms with Crippen LogP contribution in [0.2, 0.25) is 0 Å². The largest absolute Gasteiger partial charge is 0.378 e. The number of rotatable bonds is 5. The minimum absolute atomic E-state index is 0.0179. The first-order chi connectivity index (χ1) is 11.3. The maximum absolute atomic E-state index is 12.4. The monoisotopic (exact) mass is 337 g/mol. The predicted molar refractivity (Wildman–Crippen MR) is 93.2 cm³/mol. The van der Waals surface area contributed by atoms with Gasteiger partial charge in [-0.15, -0.1) is 11.3 Å². The van der Waals surface area contributed by atoms with Crippen LogP contribution in [0.25, 0.3) is 0 Å². The maximum Gasteiger partial charge on any atom is 0.323 e. The van der Waals surface area contributed by atoms with Gasteiger partial charge in [0.15, 0.2) is 5.13 Å². The molecule has 1 aromatic heterocycles. The Morgan fingerprint density at radius 1 is 1.35 bits per heavy atom. The molecule has 3 rings (SSSR count). The van der Waals surface area contributed by atoms with E-state index in [1.165, 1.54) is 19.3 Å². The number of anilines is 1. The van der Waals surface area contributed by atoms with Crippen LogP contribution in [0.4, 0.5) is 9.93 Å². The van der Waals surface area contributed by atoms with Crippen LogP contribution in [0.1, 0.15) is 63.5 Å². The Balaban J connectivity index is 1.48. The van der Waals surface area contributed by atoms with Crippen molar-refractivity contribution in [2.45, 2.75) is 63.9 Å². The van der Waals surface area contributed by atoms with Crippen molar-refractivity contribution < 1.29 is 9.53 Å². The lowest BCUT2D eigenvalue weighted by Gasteiger charge is -2.23. The Morgan fingerprint density at radius 2 is 2.22 bits per heavy atom. The standard InChI is InChI=1S/C17H27N3O2S/c1-2-11-22-14-7-4-9-20(10-8-14)17(21)19-16-18-15(12-23-16)13-5-3-6-13/h12-14H,2-11H2,1H3,(H,18,19,21)/t14-/m0/s1. The summed E-state index contributed by atoms with van der Waals surface area (Å²) in [4.78, 5) is 18.9. The molecule has 0 aromatic carbocycles. The molecule has 0 spiro atoms. The smallest absolute Gasteiger partial charge is 0.323 e. The molecule has 2 heterocycles. The van der Waals surface area contributed by atoms with Crippen molar-refractivity contribution in [1.82, 2.24) is 9.88 Å².